The molecule has 0 aromatic heterocycles. The maximum atomic E-state index is 6.62. The molecule has 0 heterocycles. The van der Waals surface area contributed by atoms with Crippen LogP contribution in [0.4, 0.5) is 0 Å². The van der Waals surface area contributed by atoms with Gasteiger partial charge in [-0.15, -0.1) is 0 Å². The molecule has 0 bridgehead atoms. The van der Waals surface area contributed by atoms with Crippen molar-refractivity contribution >= 4 is 15.9 Å². The van der Waals surface area contributed by atoms with Crippen LogP contribution in [0.5, 0.6) is 0 Å². The van der Waals surface area contributed by atoms with Gasteiger partial charge in [-0.3, -0.25) is 0 Å². The SMILES string of the molecule is CCCC1CCC(CBr)(OC2CCCC(C)C2)CC1. The Bertz CT molecular complexity index is 258. The van der Waals surface area contributed by atoms with E-state index in [1.807, 2.05) is 0 Å². The van der Waals surface area contributed by atoms with Crippen molar-refractivity contribution in [2.75, 3.05) is 5.33 Å². The summed E-state index contributed by atoms with van der Waals surface area (Å²) in [5.41, 5.74) is 0.159. The fraction of sp³-hybridized carbons (Fsp3) is 1.00. The number of hydrogen-bond donors (Lipinski definition) is 0. The molecule has 0 N–H and O–H groups in total. The summed E-state index contributed by atoms with van der Waals surface area (Å²) in [7, 11) is 0. The highest BCUT2D eigenvalue weighted by molar-refractivity contribution is 9.09. The Hall–Kier alpha value is 0.440. The molecule has 2 fully saturated rings. The van der Waals surface area contributed by atoms with Crippen LogP contribution in [0.1, 0.15) is 78.1 Å². The van der Waals surface area contributed by atoms with Gasteiger partial charge < -0.3 is 4.74 Å². The molecule has 2 rings (SSSR count). The molecule has 0 aromatic carbocycles. The third-order valence-corrected chi connectivity index (χ3v) is 6.28. The van der Waals surface area contributed by atoms with Crippen LogP contribution in [0.15, 0.2) is 0 Å². The van der Waals surface area contributed by atoms with Gasteiger partial charge in [0.1, 0.15) is 0 Å². The molecular weight excluding hydrogens is 300 g/mol. The summed E-state index contributed by atoms with van der Waals surface area (Å²) in [6, 6.07) is 0. The standard InChI is InChI=1S/C17H31BrO/c1-3-5-15-8-10-17(13-18,11-9-15)19-16-7-4-6-14(2)12-16/h14-16H,3-13H2,1-2H3. The first kappa shape index (κ1) is 15.8. The summed E-state index contributed by atoms with van der Waals surface area (Å²) < 4.78 is 6.62. The van der Waals surface area contributed by atoms with E-state index < -0.39 is 0 Å². The van der Waals surface area contributed by atoms with Crippen LogP contribution in [0.3, 0.4) is 0 Å². The fourth-order valence-electron chi connectivity index (χ4n) is 4.02. The molecule has 0 aromatic rings. The molecular formula is C17H31BrO. The van der Waals surface area contributed by atoms with Crippen LogP contribution >= 0.6 is 15.9 Å². The molecule has 19 heavy (non-hydrogen) atoms. The van der Waals surface area contributed by atoms with Gasteiger partial charge in [0.15, 0.2) is 0 Å². The van der Waals surface area contributed by atoms with E-state index in [9.17, 15) is 0 Å². The van der Waals surface area contributed by atoms with E-state index in [0.29, 0.717) is 6.10 Å². The quantitative estimate of drug-likeness (QED) is 0.587. The molecule has 0 saturated heterocycles. The van der Waals surface area contributed by atoms with Gasteiger partial charge in [0, 0.05) is 5.33 Å². The molecule has 112 valence electrons. The predicted octanol–water partition coefficient (Wildman–Crippen LogP) is 5.71. The van der Waals surface area contributed by atoms with Crippen molar-refractivity contribution < 1.29 is 4.74 Å². The van der Waals surface area contributed by atoms with Crippen molar-refractivity contribution in [3.63, 3.8) is 0 Å². The molecule has 2 saturated carbocycles. The monoisotopic (exact) mass is 330 g/mol. The molecule has 0 aliphatic heterocycles. The van der Waals surface area contributed by atoms with E-state index >= 15 is 0 Å². The molecule has 0 amide bonds. The third kappa shape index (κ3) is 4.46. The zero-order valence-corrected chi connectivity index (χ0v) is 14.4. The summed E-state index contributed by atoms with van der Waals surface area (Å²) >= 11 is 3.74. The highest BCUT2D eigenvalue weighted by Gasteiger charge is 2.37. The molecule has 2 unspecified atom stereocenters. The van der Waals surface area contributed by atoms with Gasteiger partial charge in [-0.25, -0.2) is 0 Å². The lowest BCUT2D eigenvalue weighted by atomic mass is 9.77. The normalized spacial score (nSPS) is 40.3. The average molecular weight is 331 g/mol. The van der Waals surface area contributed by atoms with Crippen molar-refractivity contribution in [1.82, 2.24) is 0 Å². The van der Waals surface area contributed by atoms with Crippen LogP contribution in [-0.2, 0) is 4.74 Å². The zero-order valence-electron chi connectivity index (χ0n) is 12.8. The van der Waals surface area contributed by atoms with Gasteiger partial charge in [-0.2, -0.15) is 0 Å². The summed E-state index contributed by atoms with van der Waals surface area (Å²) in [5.74, 6) is 1.83. The van der Waals surface area contributed by atoms with Crippen LogP contribution in [0.2, 0.25) is 0 Å². The van der Waals surface area contributed by atoms with Crippen LogP contribution in [0.25, 0.3) is 0 Å². The minimum atomic E-state index is 0.159. The van der Waals surface area contributed by atoms with Crippen molar-refractivity contribution in [2.24, 2.45) is 11.8 Å². The Morgan fingerprint density at radius 1 is 1.16 bits per heavy atom. The number of ether oxygens (including phenoxy) is 1. The lowest BCUT2D eigenvalue weighted by Crippen LogP contribution is -2.43. The molecule has 2 atom stereocenters. The molecule has 0 spiro atoms. The summed E-state index contributed by atoms with van der Waals surface area (Å²) in [6.45, 7) is 4.70. The first-order valence-corrected chi connectivity index (χ1v) is 9.53. The van der Waals surface area contributed by atoms with Gasteiger partial charge in [-0.1, -0.05) is 55.5 Å². The Balaban J connectivity index is 1.85. The Labute approximate surface area is 128 Å². The minimum Gasteiger partial charge on any atom is -0.371 e. The minimum absolute atomic E-state index is 0.159. The number of hydrogen-bond acceptors (Lipinski definition) is 1. The lowest BCUT2D eigenvalue weighted by molar-refractivity contribution is -0.119. The molecule has 2 heteroatoms. The van der Waals surface area contributed by atoms with Crippen molar-refractivity contribution in [3.8, 4) is 0 Å². The summed E-state index contributed by atoms with van der Waals surface area (Å²) in [4.78, 5) is 0. The van der Waals surface area contributed by atoms with Crippen molar-refractivity contribution in [2.45, 2.75) is 89.8 Å². The number of alkyl halides is 1. The Kier molecular flexibility index (Phi) is 6.20. The second-order valence-electron chi connectivity index (χ2n) is 7.06. The third-order valence-electron chi connectivity index (χ3n) is 5.26. The van der Waals surface area contributed by atoms with Crippen LogP contribution in [0, 0.1) is 11.8 Å². The topological polar surface area (TPSA) is 9.23 Å². The maximum absolute atomic E-state index is 6.62. The van der Waals surface area contributed by atoms with E-state index in [0.717, 1.165) is 17.2 Å². The molecule has 2 aliphatic rings. The molecule has 2 aliphatic carbocycles. The zero-order chi connectivity index (χ0) is 13.7. The van der Waals surface area contributed by atoms with Gasteiger partial charge in [0.25, 0.3) is 0 Å². The number of rotatable bonds is 5. The molecule has 0 radical (unpaired) electrons. The van der Waals surface area contributed by atoms with Gasteiger partial charge in [0.05, 0.1) is 11.7 Å². The largest absolute Gasteiger partial charge is 0.371 e. The summed E-state index contributed by atoms with van der Waals surface area (Å²) in [6.07, 6.45) is 13.9. The average Bonchev–Trinajstić information content (AvgIpc) is 2.42. The smallest absolute Gasteiger partial charge is 0.0782 e. The highest BCUT2D eigenvalue weighted by atomic mass is 79.9. The van der Waals surface area contributed by atoms with Gasteiger partial charge in [-0.05, 0) is 50.4 Å². The van der Waals surface area contributed by atoms with E-state index in [1.54, 1.807) is 0 Å². The Morgan fingerprint density at radius 3 is 2.47 bits per heavy atom. The van der Waals surface area contributed by atoms with E-state index in [4.69, 9.17) is 4.74 Å². The molecule has 1 nitrogen and oxygen atoms in total. The van der Waals surface area contributed by atoms with Crippen molar-refractivity contribution in [3.05, 3.63) is 0 Å². The van der Waals surface area contributed by atoms with Crippen molar-refractivity contribution in [1.29, 1.82) is 0 Å². The second kappa shape index (κ2) is 7.45. The fourth-order valence-corrected chi connectivity index (χ4v) is 4.72. The highest BCUT2D eigenvalue weighted by Crippen LogP contribution is 2.40. The van der Waals surface area contributed by atoms with E-state index in [2.05, 4.69) is 29.8 Å². The maximum Gasteiger partial charge on any atom is 0.0782 e. The second-order valence-corrected chi connectivity index (χ2v) is 7.62. The summed E-state index contributed by atoms with van der Waals surface area (Å²) in [5, 5.41) is 1.03. The first-order valence-electron chi connectivity index (χ1n) is 8.41. The van der Waals surface area contributed by atoms with E-state index in [-0.39, 0.29) is 5.60 Å². The first-order chi connectivity index (χ1) is 9.17. The van der Waals surface area contributed by atoms with Crippen LogP contribution < -0.4 is 0 Å². The van der Waals surface area contributed by atoms with Gasteiger partial charge >= 0.3 is 0 Å². The Morgan fingerprint density at radius 2 is 1.89 bits per heavy atom. The lowest BCUT2D eigenvalue weighted by Gasteiger charge is -2.43. The van der Waals surface area contributed by atoms with E-state index in [1.165, 1.54) is 64.2 Å². The predicted molar refractivity (Wildman–Crippen MR) is 85.9 cm³/mol. The number of halogens is 1. The van der Waals surface area contributed by atoms with Crippen LogP contribution in [-0.4, -0.2) is 17.0 Å². The van der Waals surface area contributed by atoms with Gasteiger partial charge in [0.2, 0.25) is 0 Å².